The number of carbonyl (C=O) groups is 2. The van der Waals surface area contributed by atoms with Gasteiger partial charge in [-0.3, -0.25) is 14.5 Å². The fourth-order valence-electron chi connectivity index (χ4n) is 4.16. The number of morpholine rings is 1. The molecule has 1 aromatic carbocycles. The third-order valence-corrected chi connectivity index (χ3v) is 6.29. The second kappa shape index (κ2) is 9.80. The molecule has 4 N–H and O–H groups in total. The van der Waals surface area contributed by atoms with Crippen LogP contribution in [-0.4, -0.2) is 68.8 Å². The van der Waals surface area contributed by atoms with Gasteiger partial charge in [0.15, 0.2) is 28.9 Å². The van der Waals surface area contributed by atoms with Gasteiger partial charge in [0.2, 0.25) is 5.88 Å². The number of nitrogens with two attached hydrogens (primary N) is 1. The van der Waals surface area contributed by atoms with Crippen LogP contribution in [-0.2, 0) is 20.5 Å². The van der Waals surface area contributed by atoms with Crippen LogP contribution in [0.25, 0.3) is 16.7 Å². The minimum atomic E-state index is -4.74. The zero-order valence-corrected chi connectivity index (χ0v) is 21.0. The topological polar surface area (TPSA) is 171 Å². The van der Waals surface area contributed by atoms with Crippen LogP contribution in [0.4, 0.5) is 30.5 Å². The molecule has 1 aliphatic rings. The lowest BCUT2D eigenvalue weighted by molar-refractivity contribution is -0.165. The van der Waals surface area contributed by atoms with Crippen LogP contribution in [0.2, 0.25) is 0 Å². The van der Waals surface area contributed by atoms with Gasteiger partial charge in [-0.05, 0) is 19.1 Å². The molecule has 1 unspecified atom stereocenters. The third-order valence-electron chi connectivity index (χ3n) is 6.29. The van der Waals surface area contributed by atoms with Gasteiger partial charge in [-0.2, -0.15) is 13.2 Å². The summed E-state index contributed by atoms with van der Waals surface area (Å²) in [4.78, 5) is 31.1. The van der Waals surface area contributed by atoms with Crippen LogP contribution in [0.3, 0.4) is 0 Å². The molecule has 2 atom stereocenters. The monoisotopic (exact) mass is 561 g/mol. The highest BCUT2D eigenvalue weighted by Gasteiger charge is 2.49. The summed E-state index contributed by atoms with van der Waals surface area (Å²) in [6.07, 6.45) is -4.54. The second-order valence-electron chi connectivity index (χ2n) is 8.98. The van der Waals surface area contributed by atoms with E-state index in [0.717, 1.165) is 22.6 Å². The Bertz CT molecular complexity index is 1600. The predicted octanol–water partition coefficient (Wildman–Crippen LogP) is 2.14. The summed E-state index contributed by atoms with van der Waals surface area (Å²) in [6.45, 7) is 0.989. The van der Waals surface area contributed by atoms with E-state index in [1.54, 1.807) is 6.07 Å². The number of pyridine rings is 1. The fraction of sp³-hybridized carbons (Fsp3) is 0.292. The van der Waals surface area contributed by atoms with E-state index in [2.05, 4.69) is 20.6 Å². The summed E-state index contributed by atoms with van der Waals surface area (Å²) >= 11 is 0. The maximum atomic E-state index is 13.6. The first-order valence-electron chi connectivity index (χ1n) is 11.7. The summed E-state index contributed by atoms with van der Waals surface area (Å²) in [6, 6.07) is 6.89. The Kier molecular flexibility index (Phi) is 6.59. The van der Waals surface area contributed by atoms with Gasteiger partial charge < -0.3 is 30.2 Å². The lowest BCUT2D eigenvalue weighted by Gasteiger charge is -2.37. The molecule has 0 radical (unpaired) electrons. The highest BCUT2D eigenvalue weighted by Crippen LogP contribution is 2.35. The van der Waals surface area contributed by atoms with Gasteiger partial charge in [0.05, 0.1) is 36.9 Å². The average molecular weight is 561 g/mol. The molecule has 40 heavy (non-hydrogen) atoms. The molecule has 210 valence electrons. The molecular formula is C24H22F3N7O6. The number of aliphatic hydroxyl groups is 1. The number of fused-ring (bicyclic) bond motifs is 1. The molecule has 0 bridgehead atoms. The van der Waals surface area contributed by atoms with Crippen molar-refractivity contribution >= 4 is 40.1 Å². The highest BCUT2D eigenvalue weighted by atomic mass is 19.4. The van der Waals surface area contributed by atoms with Crippen molar-refractivity contribution in [3.8, 4) is 11.6 Å². The van der Waals surface area contributed by atoms with E-state index >= 15 is 0 Å². The molecular weight excluding hydrogens is 539 g/mol. The molecule has 0 aliphatic carbocycles. The SMILES string of the molecule is COc1cc(-n2ccc(N3CCO[C@H](C(C)(O)C(=O)Nc4ccc5c(N)noc5c4)C3=O)n2)c(C(F)(F)F)cn1. The molecule has 13 nitrogen and oxygen atoms in total. The largest absolute Gasteiger partial charge is 0.481 e. The summed E-state index contributed by atoms with van der Waals surface area (Å²) in [7, 11) is 1.25. The first-order chi connectivity index (χ1) is 18.9. The number of benzene rings is 1. The number of methoxy groups -OCH3 is 1. The molecule has 4 heterocycles. The van der Waals surface area contributed by atoms with E-state index in [-0.39, 0.29) is 42.0 Å². The number of carbonyl (C=O) groups excluding carboxylic acids is 2. The third kappa shape index (κ3) is 4.77. The second-order valence-corrected chi connectivity index (χ2v) is 8.98. The lowest BCUT2D eigenvalue weighted by Crippen LogP contribution is -2.61. The number of ether oxygens (including phenoxy) is 2. The van der Waals surface area contributed by atoms with Crippen molar-refractivity contribution in [2.75, 3.05) is 36.2 Å². The Morgan fingerprint density at radius 3 is 2.77 bits per heavy atom. The molecule has 0 saturated carbocycles. The quantitative estimate of drug-likeness (QED) is 0.317. The van der Waals surface area contributed by atoms with Gasteiger partial charge in [-0.15, -0.1) is 5.10 Å². The number of aromatic nitrogens is 4. The minimum absolute atomic E-state index is 0.0215. The van der Waals surface area contributed by atoms with Crippen molar-refractivity contribution in [1.82, 2.24) is 19.9 Å². The number of anilines is 3. The van der Waals surface area contributed by atoms with Gasteiger partial charge in [0.25, 0.3) is 11.8 Å². The van der Waals surface area contributed by atoms with Crippen LogP contribution in [0.15, 0.2) is 47.2 Å². The number of hydrogen-bond acceptors (Lipinski definition) is 10. The Balaban J connectivity index is 1.38. The van der Waals surface area contributed by atoms with Crippen LogP contribution >= 0.6 is 0 Å². The number of nitrogen functional groups attached to an aromatic ring is 1. The summed E-state index contributed by atoms with van der Waals surface area (Å²) in [5, 5.41) is 21.9. The average Bonchev–Trinajstić information content (AvgIpc) is 3.55. The summed E-state index contributed by atoms with van der Waals surface area (Å²) < 4.78 is 57.2. The molecule has 4 aromatic rings. The number of amides is 2. The van der Waals surface area contributed by atoms with Gasteiger partial charge >= 0.3 is 6.18 Å². The van der Waals surface area contributed by atoms with Gasteiger partial charge in [-0.25, -0.2) is 9.67 Å². The first kappa shape index (κ1) is 26.9. The number of halogens is 3. The van der Waals surface area contributed by atoms with E-state index in [4.69, 9.17) is 19.7 Å². The van der Waals surface area contributed by atoms with Crippen LogP contribution in [0.1, 0.15) is 12.5 Å². The number of nitrogens with zero attached hydrogens (tertiary/aromatic N) is 5. The van der Waals surface area contributed by atoms with Crippen molar-refractivity contribution in [2.45, 2.75) is 24.8 Å². The van der Waals surface area contributed by atoms with Crippen molar-refractivity contribution in [1.29, 1.82) is 0 Å². The van der Waals surface area contributed by atoms with Crippen LogP contribution in [0.5, 0.6) is 5.88 Å². The highest BCUT2D eigenvalue weighted by molar-refractivity contribution is 6.06. The number of nitrogens with one attached hydrogen (secondary N) is 1. The molecule has 1 saturated heterocycles. The van der Waals surface area contributed by atoms with E-state index in [1.165, 1.54) is 31.5 Å². The molecule has 1 aliphatic heterocycles. The number of alkyl halides is 3. The van der Waals surface area contributed by atoms with E-state index in [9.17, 15) is 27.9 Å². The fourth-order valence-corrected chi connectivity index (χ4v) is 4.16. The van der Waals surface area contributed by atoms with Crippen molar-refractivity contribution < 1.29 is 41.9 Å². The molecule has 2 amide bonds. The van der Waals surface area contributed by atoms with Crippen molar-refractivity contribution in [3.63, 3.8) is 0 Å². The van der Waals surface area contributed by atoms with E-state index in [0.29, 0.717) is 17.2 Å². The number of hydrogen-bond donors (Lipinski definition) is 3. The molecule has 0 spiro atoms. The zero-order chi connectivity index (χ0) is 28.8. The Hall–Kier alpha value is -4.70. The predicted molar refractivity (Wildman–Crippen MR) is 133 cm³/mol. The maximum Gasteiger partial charge on any atom is 0.419 e. The Morgan fingerprint density at radius 1 is 1.27 bits per heavy atom. The smallest absolute Gasteiger partial charge is 0.419 e. The molecule has 3 aromatic heterocycles. The van der Waals surface area contributed by atoms with Crippen molar-refractivity contribution in [2.24, 2.45) is 0 Å². The van der Waals surface area contributed by atoms with E-state index in [1.807, 2.05) is 0 Å². The molecule has 1 fully saturated rings. The summed E-state index contributed by atoms with van der Waals surface area (Å²) in [5.74, 6) is -1.70. The summed E-state index contributed by atoms with van der Waals surface area (Å²) in [5.41, 5.74) is 2.42. The van der Waals surface area contributed by atoms with Gasteiger partial charge in [0, 0.05) is 36.3 Å². The van der Waals surface area contributed by atoms with Crippen LogP contribution in [0, 0.1) is 0 Å². The Labute approximate surface area is 223 Å². The van der Waals surface area contributed by atoms with Crippen LogP contribution < -0.4 is 20.7 Å². The maximum absolute atomic E-state index is 13.6. The number of rotatable bonds is 6. The standard InChI is InChI=1S/C24H22F3N7O6/c1-23(37,22(36)30-12-3-4-13-16(9-12)40-32-20(13)28)19-21(35)33(7-8-39-19)17-5-6-34(31-17)15-10-18(38-2)29-11-14(15)24(25,26)27/h3-6,9-11,19,37H,7-8H2,1-2H3,(H2,28,32)(H,30,36)/t19-,23?/m0/s1. The Morgan fingerprint density at radius 2 is 2.05 bits per heavy atom. The first-order valence-corrected chi connectivity index (χ1v) is 11.7. The van der Waals surface area contributed by atoms with Crippen molar-refractivity contribution in [3.05, 3.63) is 48.3 Å². The zero-order valence-electron chi connectivity index (χ0n) is 21.0. The lowest BCUT2D eigenvalue weighted by atomic mass is 9.95. The van der Waals surface area contributed by atoms with E-state index < -0.39 is 35.3 Å². The molecule has 16 heteroatoms. The minimum Gasteiger partial charge on any atom is -0.481 e. The molecule has 5 rings (SSSR count). The van der Waals surface area contributed by atoms with Gasteiger partial charge in [-0.1, -0.05) is 5.16 Å². The van der Waals surface area contributed by atoms with Gasteiger partial charge in [0.1, 0.15) is 0 Å². The normalized spacial score (nSPS) is 17.6.